The van der Waals surface area contributed by atoms with E-state index in [1.54, 1.807) is 6.92 Å². The molecule has 0 saturated heterocycles. The molecule has 4 aromatic carbocycles. The first kappa shape index (κ1) is 23.8. The van der Waals surface area contributed by atoms with Crippen molar-refractivity contribution >= 4 is 5.97 Å². The zero-order valence-corrected chi connectivity index (χ0v) is 20.5. The fourth-order valence-corrected chi connectivity index (χ4v) is 5.38. The largest absolute Gasteiger partial charge is 0.462 e. The van der Waals surface area contributed by atoms with E-state index >= 15 is 0 Å². The van der Waals surface area contributed by atoms with Crippen molar-refractivity contribution in [1.82, 2.24) is 0 Å². The summed E-state index contributed by atoms with van der Waals surface area (Å²) >= 11 is 0. The van der Waals surface area contributed by atoms with Gasteiger partial charge in [0, 0.05) is 18.6 Å². The summed E-state index contributed by atoms with van der Waals surface area (Å²) in [5.41, 5.74) is 9.63. The molecule has 0 radical (unpaired) electrons. The van der Waals surface area contributed by atoms with Gasteiger partial charge in [-0.25, -0.2) is 4.79 Å². The standard InChI is InChI=1S/C33H30O3/c1-23(2)32(35)36-22-20-25-13-17-27(18-14-25)33(26-15-11-24(12-16-26)19-21-34)30-9-5-3-7-28(30)29-8-4-6-10-31(29)33/h3-18,34H,1,19-22H2,2H3. The van der Waals surface area contributed by atoms with E-state index in [1.165, 1.54) is 33.4 Å². The molecule has 36 heavy (non-hydrogen) atoms. The zero-order valence-electron chi connectivity index (χ0n) is 20.5. The van der Waals surface area contributed by atoms with Crippen LogP contribution in [-0.2, 0) is 27.8 Å². The fraction of sp³-hybridized carbons (Fsp3) is 0.182. The van der Waals surface area contributed by atoms with Gasteiger partial charge >= 0.3 is 5.97 Å². The number of carbonyl (C=O) groups excluding carboxylic acids is 1. The number of fused-ring (bicyclic) bond motifs is 3. The van der Waals surface area contributed by atoms with Gasteiger partial charge in [0.2, 0.25) is 0 Å². The smallest absolute Gasteiger partial charge is 0.333 e. The van der Waals surface area contributed by atoms with Gasteiger partial charge in [-0.2, -0.15) is 0 Å². The predicted molar refractivity (Wildman–Crippen MR) is 144 cm³/mol. The van der Waals surface area contributed by atoms with Crippen molar-refractivity contribution in [1.29, 1.82) is 0 Å². The van der Waals surface area contributed by atoms with E-state index in [4.69, 9.17) is 4.74 Å². The number of rotatable bonds is 8. The maximum atomic E-state index is 11.7. The summed E-state index contributed by atoms with van der Waals surface area (Å²) in [6.07, 6.45) is 1.29. The Bertz CT molecular complexity index is 1350. The molecule has 0 aliphatic heterocycles. The van der Waals surface area contributed by atoms with Crippen LogP contribution in [0.25, 0.3) is 11.1 Å². The van der Waals surface area contributed by atoms with Crippen molar-refractivity contribution in [3.05, 3.63) is 143 Å². The predicted octanol–water partition coefficient (Wildman–Crippen LogP) is 6.25. The Hall–Kier alpha value is -3.95. The zero-order chi connectivity index (χ0) is 25.1. The Morgan fingerprint density at radius 2 is 1.22 bits per heavy atom. The van der Waals surface area contributed by atoms with Gasteiger partial charge < -0.3 is 9.84 Å². The van der Waals surface area contributed by atoms with Gasteiger partial charge in [0.05, 0.1) is 12.0 Å². The Kier molecular flexibility index (Phi) is 6.58. The van der Waals surface area contributed by atoms with Crippen LogP contribution in [-0.4, -0.2) is 24.3 Å². The minimum Gasteiger partial charge on any atom is -0.462 e. The van der Waals surface area contributed by atoms with E-state index in [2.05, 4.69) is 104 Å². The first-order valence-electron chi connectivity index (χ1n) is 12.4. The summed E-state index contributed by atoms with van der Waals surface area (Å²) in [7, 11) is 0. The van der Waals surface area contributed by atoms with Gasteiger partial charge in [0.15, 0.2) is 0 Å². The van der Waals surface area contributed by atoms with Crippen molar-refractivity contribution in [2.75, 3.05) is 13.2 Å². The molecule has 1 N–H and O–H groups in total. The number of carbonyl (C=O) groups is 1. The van der Waals surface area contributed by atoms with Crippen LogP contribution in [0, 0.1) is 0 Å². The average Bonchev–Trinajstić information content (AvgIpc) is 3.21. The lowest BCUT2D eigenvalue weighted by Crippen LogP contribution is -2.28. The summed E-state index contributed by atoms with van der Waals surface area (Å²) in [5.74, 6) is -0.352. The van der Waals surface area contributed by atoms with Crippen molar-refractivity contribution in [2.45, 2.75) is 25.2 Å². The van der Waals surface area contributed by atoms with E-state index in [0.29, 0.717) is 25.0 Å². The van der Waals surface area contributed by atoms with E-state index < -0.39 is 5.41 Å². The van der Waals surface area contributed by atoms with E-state index in [-0.39, 0.29) is 12.6 Å². The summed E-state index contributed by atoms with van der Waals surface area (Å²) in [4.78, 5) is 11.7. The highest BCUT2D eigenvalue weighted by atomic mass is 16.5. The lowest BCUT2D eigenvalue weighted by atomic mass is 9.67. The average molecular weight is 475 g/mol. The highest BCUT2D eigenvalue weighted by Gasteiger charge is 2.45. The first-order valence-corrected chi connectivity index (χ1v) is 12.4. The van der Waals surface area contributed by atoms with Crippen molar-refractivity contribution in [3.8, 4) is 11.1 Å². The fourth-order valence-electron chi connectivity index (χ4n) is 5.38. The number of ether oxygens (including phenoxy) is 1. The number of hydrogen-bond acceptors (Lipinski definition) is 3. The minimum absolute atomic E-state index is 0.138. The number of hydrogen-bond donors (Lipinski definition) is 1. The van der Waals surface area contributed by atoms with Crippen LogP contribution >= 0.6 is 0 Å². The quantitative estimate of drug-likeness (QED) is 0.214. The molecule has 180 valence electrons. The number of esters is 1. The van der Waals surface area contributed by atoms with Crippen LogP contribution in [0.2, 0.25) is 0 Å². The summed E-state index contributed by atoms with van der Waals surface area (Å²) in [6.45, 7) is 5.76. The highest BCUT2D eigenvalue weighted by Crippen LogP contribution is 2.55. The molecule has 0 atom stereocenters. The van der Waals surface area contributed by atoms with Crippen molar-refractivity contribution in [2.24, 2.45) is 0 Å². The third-order valence-electron chi connectivity index (χ3n) is 7.10. The highest BCUT2D eigenvalue weighted by molar-refractivity contribution is 5.87. The summed E-state index contributed by atoms with van der Waals surface area (Å²) in [5, 5.41) is 9.40. The molecule has 4 aromatic rings. The van der Waals surface area contributed by atoms with E-state index in [1.807, 2.05) is 0 Å². The Balaban J connectivity index is 1.61. The van der Waals surface area contributed by atoms with Gasteiger partial charge in [-0.05, 0) is 57.9 Å². The molecule has 0 saturated carbocycles. The summed E-state index contributed by atoms with van der Waals surface area (Å²) < 4.78 is 5.29. The molecule has 5 rings (SSSR count). The molecule has 1 aliphatic carbocycles. The number of aliphatic hydroxyl groups excluding tert-OH is 1. The minimum atomic E-state index is -0.449. The van der Waals surface area contributed by atoms with Crippen molar-refractivity contribution < 1.29 is 14.6 Å². The van der Waals surface area contributed by atoms with E-state index in [0.717, 1.165) is 11.1 Å². The molecule has 1 aliphatic rings. The second-order valence-electron chi connectivity index (χ2n) is 9.37. The second-order valence-corrected chi connectivity index (χ2v) is 9.37. The van der Waals surface area contributed by atoms with Crippen LogP contribution < -0.4 is 0 Å². The van der Waals surface area contributed by atoms with E-state index in [9.17, 15) is 9.90 Å². The van der Waals surface area contributed by atoms with Crippen LogP contribution in [0.15, 0.2) is 109 Å². The molecular weight excluding hydrogens is 444 g/mol. The molecule has 3 nitrogen and oxygen atoms in total. The lowest BCUT2D eigenvalue weighted by Gasteiger charge is -2.34. The van der Waals surface area contributed by atoms with Gasteiger partial charge in [-0.15, -0.1) is 0 Å². The Morgan fingerprint density at radius 1 is 0.750 bits per heavy atom. The maximum absolute atomic E-state index is 11.7. The van der Waals surface area contributed by atoms with Crippen LogP contribution in [0.4, 0.5) is 0 Å². The monoisotopic (exact) mass is 474 g/mol. The van der Waals surface area contributed by atoms with Crippen LogP contribution in [0.1, 0.15) is 40.3 Å². The molecule has 0 aromatic heterocycles. The molecule has 0 heterocycles. The third-order valence-corrected chi connectivity index (χ3v) is 7.10. The van der Waals surface area contributed by atoms with Gasteiger partial charge in [0.1, 0.15) is 0 Å². The molecule has 3 heteroatoms. The topological polar surface area (TPSA) is 46.5 Å². The summed E-state index contributed by atoms with van der Waals surface area (Å²) in [6, 6.07) is 34.7. The number of aliphatic hydroxyl groups is 1. The van der Waals surface area contributed by atoms with Crippen LogP contribution in [0.5, 0.6) is 0 Å². The normalized spacial score (nSPS) is 13.1. The first-order chi connectivity index (χ1) is 17.6. The molecule has 0 bridgehead atoms. The third kappa shape index (κ3) is 4.06. The Labute approximate surface area is 212 Å². The molecule has 0 fully saturated rings. The lowest BCUT2D eigenvalue weighted by molar-refractivity contribution is -0.138. The van der Waals surface area contributed by atoms with Gasteiger partial charge in [-0.3, -0.25) is 0 Å². The molecule has 0 spiro atoms. The maximum Gasteiger partial charge on any atom is 0.333 e. The number of benzene rings is 4. The second kappa shape index (κ2) is 9.96. The van der Waals surface area contributed by atoms with Crippen LogP contribution in [0.3, 0.4) is 0 Å². The van der Waals surface area contributed by atoms with Gasteiger partial charge in [0.25, 0.3) is 0 Å². The molecule has 0 amide bonds. The molecular formula is C33H30O3. The van der Waals surface area contributed by atoms with Gasteiger partial charge in [-0.1, -0.05) is 104 Å². The Morgan fingerprint density at radius 3 is 1.69 bits per heavy atom. The molecule has 0 unspecified atom stereocenters. The SMILES string of the molecule is C=C(C)C(=O)OCCc1ccc(C2(c3ccc(CCO)cc3)c3ccccc3-c3ccccc32)cc1. The van der Waals surface area contributed by atoms with Crippen molar-refractivity contribution in [3.63, 3.8) is 0 Å².